The molecule has 0 radical (unpaired) electrons. The lowest BCUT2D eigenvalue weighted by molar-refractivity contribution is 0.102. The largest absolute Gasteiger partial charge is 0.507 e. The Kier molecular flexibility index (Phi) is 5.70. The molecule has 0 fully saturated rings. The Hall–Kier alpha value is -3.78. The molecule has 0 saturated heterocycles. The number of nitrogens with zero attached hydrogens (tertiary/aromatic N) is 1. The van der Waals surface area contributed by atoms with Crippen molar-refractivity contribution in [1.82, 2.24) is 0 Å². The first-order chi connectivity index (χ1) is 13.2. The number of carbonyl (C=O) groups is 1. The summed E-state index contributed by atoms with van der Waals surface area (Å²) in [6, 6.07) is 23.1. The minimum absolute atomic E-state index is 0.0530. The Labute approximate surface area is 157 Å². The van der Waals surface area contributed by atoms with E-state index in [9.17, 15) is 9.90 Å². The lowest BCUT2D eigenvalue weighted by Gasteiger charge is -2.09. The van der Waals surface area contributed by atoms with Gasteiger partial charge in [-0.2, -0.15) is 5.26 Å². The smallest absolute Gasteiger partial charge is 0.259 e. The number of phenolic OH excluding ortho intramolecular Hbond substituents is 1. The number of nitrogens with one attached hydrogen (secondary N) is 1. The van der Waals surface area contributed by atoms with Gasteiger partial charge in [-0.05, 0) is 48.0 Å². The van der Waals surface area contributed by atoms with Crippen LogP contribution in [0, 0.1) is 11.3 Å². The molecule has 3 aromatic rings. The van der Waals surface area contributed by atoms with Gasteiger partial charge in [-0.1, -0.05) is 30.3 Å². The van der Waals surface area contributed by atoms with Crippen LogP contribution in [0.15, 0.2) is 72.8 Å². The third-order valence-electron chi connectivity index (χ3n) is 3.98. The number of carbonyl (C=O) groups excluding carboxylic acids is 1. The molecule has 0 heterocycles. The van der Waals surface area contributed by atoms with Gasteiger partial charge in [0.1, 0.15) is 11.5 Å². The maximum atomic E-state index is 12.3. The van der Waals surface area contributed by atoms with E-state index in [4.69, 9.17) is 10.00 Å². The van der Waals surface area contributed by atoms with E-state index in [1.54, 1.807) is 24.3 Å². The van der Waals surface area contributed by atoms with Crippen LogP contribution in [0.3, 0.4) is 0 Å². The predicted molar refractivity (Wildman–Crippen MR) is 103 cm³/mol. The second kappa shape index (κ2) is 8.54. The fourth-order valence-electron chi connectivity index (χ4n) is 2.55. The van der Waals surface area contributed by atoms with Crippen LogP contribution < -0.4 is 10.1 Å². The first-order valence-corrected chi connectivity index (χ1v) is 8.47. The predicted octanol–water partition coefficient (Wildman–Crippen LogP) is 4.14. The van der Waals surface area contributed by atoms with Crippen LogP contribution in [0.4, 0.5) is 5.69 Å². The number of hydrogen-bond acceptors (Lipinski definition) is 4. The standard InChI is InChI=1S/C22H18N2O3/c23-15-17-6-11-21(25)20(14-17)22(26)24-18-7-9-19(10-8-18)27-13-12-16-4-2-1-3-5-16/h1-11,14,25H,12-13H2,(H,24,26). The van der Waals surface area contributed by atoms with Crippen molar-refractivity contribution in [2.24, 2.45) is 0 Å². The molecule has 0 aromatic heterocycles. The van der Waals surface area contributed by atoms with Crippen molar-refractivity contribution in [2.45, 2.75) is 6.42 Å². The second-order valence-electron chi connectivity index (χ2n) is 5.91. The van der Waals surface area contributed by atoms with Crippen molar-refractivity contribution in [2.75, 3.05) is 11.9 Å². The SMILES string of the molecule is N#Cc1ccc(O)c(C(=O)Nc2ccc(OCCc3ccccc3)cc2)c1. The summed E-state index contributed by atoms with van der Waals surface area (Å²) >= 11 is 0. The molecule has 0 aliphatic rings. The summed E-state index contributed by atoms with van der Waals surface area (Å²) < 4.78 is 5.72. The average molecular weight is 358 g/mol. The van der Waals surface area contributed by atoms with E-state index in [2.05, 4.69) is 17.4 Å². The van der Waals surface area contributed by atoms with Gasteiger partial charge >= 0.3 is 0 Å². The van der Waals surface area contributed by atoms with Crippen molar-refractivity contribution in [3.63, 3.8) is 0 Å². The highest BCUT2D eigenvalue weighted by atomic mass is 16.5. The molecule has 3 aromatic carbocycles. The molecule has 2 N–H and O–H groups in total. The van der Waals surface area contributed by atoms with Gasteiger partial charge in [-0.25, -0.2) is 0 Å². The van der Waals surface area contributed by atoms with E-state index in [-0.39, 0.29) is 11.3 Å². The van der Waals surface area contributed by atoms with E-state index in [0.717, 1.165) is 6.42 Å². The van der Waals surface area contributed by atoms with Crippen LogP contribution in [0.5, 0.6) is 11.5 Å². The maximum Gasteiger partial charge on any atom is 0.259 e. The Morgan fingerprint density at radius 2 is 1.78 bits per heavy atom. The van der Waals surface area contributed by atoms with E-state index >= 15 is 0 Å². The van der Waals surface area contributed by atoms with Gasteiger partial charge in [0, 0.05) is 12.1 Å². The first kappa shape index (κ1) is 18.0. The van der Waals surface area contributed by atoms with Crippen LogP contribution in [0.2, 0.25) is 0 Å². The van der Waals surface area contributed by atoms with E-state index in [1.165, 1.54) is 23.8 Å². The Morgan fingerprint density at radius 1 is 1.04 bits per heavy atom. The summed E-state index contributed by atoms with van der Waals surface area (Å²) in [5.74, 6) is 0.0490. The highest BCUT2D eigenvalue weighted by Crippen LogP contribution is 2.21. The molecular formula is C22H18N2O3. The fourth-order valence-corrected chi connectivity index (χ4v) is 2.55. The Bertz CT molecular complexity index is 961. The molecule has 3 rings (SSSR count). The van der Waals surface area contributed by atoms with Crippen molar-refractivity contribution in [3.8, 4) is 17.6 Å². The molecule has 0 aliphatic carbocycles. The average Bonchev–Trinajstić information content (AvgIpc) is 2.70. The van der Waals surface area contributed by atoms with Crippen molar-refractivity contribution in [1.29, 1.82) is 5.26 Å². The quantitative estimate of drug-likeness (QED) is 0.694. The van der Waals surface area contributed by atoms with Crippen LogP contribution in [-0.2, 0) is 6.42 Å². The zero-order chi connectivity index (χ0) is 19.1. The summed E-state index contributed by atoms with van der Waals surface area (Å²) in [5.41, 5.74) is 2.13. The third-order valence-corrected chi connectivity index (χ3v) is 3.98. The van der Waals surface area contributed by atoms with Crippen molar-refractivity contribution >= 4 is 11.6 Å². The van der Waals surface area contributed by atoms with Crippen LogP contribution in [0.1, 0.15) is 21.5 Å². The van der Waals surface area contributed by atoms with Gasteiger partial charge in [0.05, 0.1) is 23.8 Å². The number of benzene rings is 3. The Balaban J connectivity index is 1.57. The topological polar surface area (TPSA) is 82.3 Å². The zero-order valence-corrected chi connectivity index (χ0v) is 14.6. The van der Waals surface area contributed by atoms with Gasteiger partial charge in [0.25, 0.3) is 5.91 Å². The molecule has 0 atom stereocenters. The van der Waals surface area contributed by atoms with Crippen LogP contribution in [0.25, 0.3) is 0 Å². The lowest BCUT2D eigenvalue weighted by atomic mass is 10.1. The minimum Gasteiger partial charge on any atom is -0.507 e. The maximum absolute atomic E-state index is 12.3. The minimum atomic E-state index is -0.484. The highest BCUT2D eigenvalue weighted by molar-refractivity contribution is 6.06. The van der Waals surface area contributed by atoms with Crippen molar-refractivity contribution in [3.05, 3.63) is 89.5 Å². The molecule has 0 saturated carbocycles. The third kappa shape index (κ3) is 4.86. The van der Waals surface area contributed by atoms with Crippen molar-refractivity contribution < 1.29 is 14.6 Å². The molecule has 27 heavy (non-hydrogen) atoms. The molecule has 134 valence electrons. The molecule has 5 nitrogen and oxygen atoms in total. The molecule has 5 heteroatoms. The molecule has 0 spiro atoms. The molecule has 1 amide bonds. The monoisotopic (exact) mass is 358 g/mol. The van der Waals surface area contributed by atoms with Gasteiger partial charge < -0.3 is 15.2 Å². The lowest BCUT2D eigenvalue weighted by Crippen LogP contribution is -2.12. The summed E-state index contributed by atoms with van der Waals surface area (Å²) in [6.07, 6.45) is 0.813. The second-order valence-corrected chi connectivity index (χ2v) is 5.91. The van der Waals surface area contributed by atoms with Gasteiger partial charge in [0.15, 0.2) is 0 Å². The summed E-state index contributed by atoms with van der Waals surface area (Å²) in [7, 11) is 0. The normalized spacial score (nSPS) is 10.0. The zero-order valence-electron chi connectivity index (χ0n) is 14.6. The molecule has 0 aliphatic heterocycles. The van der Waals surface area contributed by atoms with Gasteiger partial charge in [0.2, 0.25) is 0 Å². The first-order valence-electron chi connectivity index (χ1n) is 8.47. The van der Waals surface area contributed by atoms with Gasteiger partial charge in [-0.15, -0.1) is 0 Å². The van der Waals surface area contributed by atoms with E-state index in [1.807, 2.05) is 24.3 Å². The Morgan fingerprint density at radius 3 is 2.48 bits per heavy atom. The number of anilines is 1. The number of rotatable bonds is 6. The number of nitriles is 1. The number of phenols is 1. The molecule has 0 unspecified atom stereocenters. The summed E-state index contributed by atoms with van der Waals surface area (Å²) in [5, 5.41) is 21.4. The van der Waals surface area contributed by atoms with Gasteiger partial charge in [-0.3, -0.25) is 4.79 Å². The summed E-state index contributed by atoms with van der Waals surface area (Å²) in [6.45, 7) is 0.560. The molecular weight excluding hydrogens is 340 g/mol. The number of amides is 1. The van der Waals surface area contributed by atoms with Crippen LogP contribution in [-0.4, -0.2) is 17.6 Å². The van der Waals surface area contributed by atoms with E-state index < -0.39 is 5.91 Å². The fraction of sp³-hybridized carbons (Fsp3) is 0.0909. The number of hydrogen-bond donors (Lipinski definition) is 2. The van der Waals surface area contributed by atoms with Crippen LogP contribution >= 0.6 is 0 Å². The molecule has 0 bridgehead atoms. The number of aromatic hydroxyl groups is 1. The number of ether oxygens (including phenoxy) is 1. The van der Waals surface area contributed by atoms with E-state index in [0.29, 0.717) is 23.6 Å². The highest BCUT2D eigenvalue weighted by Gasteiger charge is 2.12. The summed E-state index contributed by atoms with van der Waals surface area (Å²) in [4.78, 5) is 12.3.